The van der Waals surface area contributed by atoms with Crippen molar-refractivity contribution in [2.75, 3.05) is 30.9 Å². The Bertz CT molecular complexity index is 833. The topological polar surface area (TPSA) is 93.4 Å². The van der Waals surface area contributed by atoms with Gasteiger partial charge in [-0.15, -0.1) is 0 Å². The molecule has 0 bridgehead atoms. The molecular formula is C17H17N5O3. The summed E-state index contributed by atoms with van der Waals surface area (Å²) < 4.78 is 10.3. The number of nitrogens with zero attached hydrogens (tertiary/aromatic N) is 4. The number of hydrogen-bond acceptors (Lipinski definition) is 7. The molecular weight excluding hydrogens is 322 g/mol. The fraction of sp³-hybridized carbons (Fsp3) is 0.176. The van der Waals surface area contributed by atoms with Crippen LogP contribution >= 0.6 is 0 Å². The number of methoxy groups -OCH3 is 1. The van der Waals surface area contributed by atoms with Crippen LogP contribution in [0.1, 0.15) is 0 Å². The number of carbonyl (C=O) groups is 1. The van der Waals surface area contributed by atoms with Gasteiger partial charge in [0.2, 0.25) is 11.7 Å². The van der Waals surface area contributed by atoms with Gasteiger partial charge in [0.15, 0.2) is 0 Å². The van der Waals surface area contributed by atoms with Gasteiger partial charge in [-0.2, -0.15) is 4.98 Å². The molecule has 1 aromatic carbocycles. The Morgan fingerprint density at radius 3 is 2.72 bits per heavy atom. The van der Waals surface area contributed by atoms with Crippen molar-refractivity contribution in [3.63, 3.8) is 0 Å². The van der Waals surface area contributed by atoms with E-state index < -0.39 is 0 Å². The summed E-state index contributed by atoms with van der Waals surface area (Å²) in [5.41, 5.74) is 0.794. The summed E-state index contributed by atoms with van der Waals surface area (Å²) in [6.45, 7) is 0.0564. The van der Waals surface area contributed by atoms with Crippen LogP contribution < -0.4 is 15.0 Å². The molecule has 0 unspecified atom stereocenters. The predicted octanol–water partition coefficient (Wildman–Crippen LogP) is 2.22. The fourth-order valence-electron chi connectivity index (χ4n) is 2.13. The van der Waals surface area contributed by atoms with Crippen molar-refractivity contribution in [2.24, 2.45) is 0 Å². The molecule has 0 aliphatic carbocycles. The average Bonchev–Trinajstić information content (AvgIpc) is 3.13. The largest absolute Gasteiger partial charge is 0.497 e. The highest BCUT2D eigenvalue weighted by Crippen LogP contribution is 2.21. The molecule has 0 atom stereocenters. The average molecular weight is 339 g/mol. The number of hydrogen-bond donors (Lipinski definition) is 1. The molecule has 25 heavy (non-hydrogen) atoms. The van der Waals surface area contributed by atoms with Gasteiger partial charge in [-0.3, -0.25) is 4.79 Å². The molecule has 0 spiro atoms. The minimum Gasteiger partial charge on any atom is -0.497 e. The third-order valence-corrected chi connectivity index (χ3v) is 3.40. The summed E-state index contributed by atoms with van der Waals surface area (Å²) in [6.07, 6.45) is 1.61. The molecule has 0 saturated carbocycles. The van der Waals surface area contributed by atoms with Crippen molar-refractivity contribution >= 4 is 17.7 Å². The number of aromatic nitrogens is 3. The number of nitrogens with one attached hydrogen (secondary N) is 1. The molecule has 0 aliphatic heterocycles. The van der Waals surface area contributed by atoms with Crippen LogP contribution in [-0.4, -0.2) is 41.7 Å². The van der Waals surface area contributed by atoms with Gasteiger partial charge in [-0.25, -0.2) is 4.98 Å². The molecule has 1 N–H and O–H groups in total. The zero-order valence-electron chi connectivity index (χ0n) is 13.8. The number of amides is 1. The normalized spacial score (nSPS) is 10.3. The van der Waals surface area contributed by atoms with E-state index in [1.165, 1.54) is 0 Å². The number of carbonyl (C=O) groups excluding carboxylic acids is 1. The van der Waals surface area contributed by atoms with E-state index in [-0.39, 0.29) is 18.5 Å². The number of ether oxygens (including phenoxy) is 1. The molecule has 0 saturated heterocycles. The number of benzene rings is 1. The lowest BCUT2D eigenvalue weighted by molar-refractivity contribution is -0.115. The Hall–Kier alpha value is -3.42. The highest BCUT2D eigenvalue weighted by Gasteiger charge is 2.15. The molecule has 0 radical (unpaired) electrons. The van der Waals surface area contributed by atoms with Crippen molar-refractivity contribution in [1.29, 1.82) is 0 Å². The quantitative estimate of drug-likeness (QED) is 0.736. The smallest absolute Gasteiger partial charge is 0.324 e. The predicted molar refractivity (Wildman–Crippen MR) is 92.4 cm³/mol. The lowest BCUT2D eigenvalue weighted by atomic mass is 10.2. The van der Waals surface area contributed by atoms with E-state index >= 15 is 0 Å². The van der Waals surface area contributed by atoms with E-state index in [1.54, 1.807) is 43.5 Å². The second-order valence-corrected chi connectivity index (χ2v) is 5.25. The van der Waals surface area contributed by atoms with Gasteiger partial charge >= 0.3 is 6.01 Å². The van der Waals surface area contributed by atoms with Crippen LogP contribution in [0.2, 0.25) is 0 Å². The van der Waals surface area contributed by atoms with Gasteiger partial charge < -0.3 is 19.5 Å². The first-order valence-corrected chi connectivity index (χ1v) is 7.56. The maximum Gasteiger partial charge on any atom is 0.324 e. The van der Waals surface area contributed by atoms with Gasteiger partial charge in [-0.05, 0) is 36.4 Å². The molecule has 2 heterocycles. The Balaban J connectivity index is 1.63. The van der Waals surface area contributed by atoms with Crippen molar-refractivity contribution in [1.82, 2.24) is 15.1 Å². The van der Waals surface area contributed by atoms with Crippen molar-refractivity contribution < 1.29 is 14.1 Å². The zero-order valence-corrected chi connectivity index (χ0v) is 13.8. The van der Waals surface area contributed by atoms with Gasteiger partial charge in [-0.1, -0.05) is 11.2 Å². The standard InChI is InChI=1S/C17H17N5O3/c1-22(11-15(23)19-14-5-3-4-10-18-14)17-20-16(21-25-17)12-6-8-13(24-2)9-7-12/h3-10H,11H2,1-2H3,(H,18,19,23). The third kappa shape index (κ3) is 4.11. The van der Waals surface area contributed by atoms with Crippen LogP contribution in [0.15, 0.2) is 53.2 Å². The lowest BCUT2D eigenvalue weighted by Crippen LogP contribution is -2.30. The Labute approximate surface area is 144 Å². The minimum absolute atomic E-state index is 0.0564. The number of pyridine rings is 1. The van der Waals surface area contributed by atoms with Crippen molar-refractivity contribution in [3.8, 4) is 17.1 Å². The Kier molecular flexibility index (Phi) is 4.89. The number of likely N-dealkylation sites (N-methyl/N-ethyl adjacent to an activating group) is 1. The highest BCUT2D eigenvalue weighted by atomic mass is 16.5. The summed E-state index contributed by atoms with van der Waals surface area (Å²) in [6, 6.07) is 12.8. The van der Waals surface area contributed by atoms with Crippen LogP contribution in [0.4, 0.5) is 11.8 Å². The first-order chi connectivity index (χ1) is 12.2. The van der Waals surface area contributed by atoms with E-state index in [0.717, 1.165) is 11.3 Å². The summed E-state index contributed by atoms with van der Waals surface area (Å²) in [7, 11) is 3.30. The molecule has 2 aromatic heterocycles. The monoisotopic (exact) mass is 339 g/mol. The first-order valence-electron chi connectivity index (χ1n) is 7.56. The molecule has 0 fully saturated rings. The maximum atomic E-state index is 12.0. The Morgan fingerprint density at radius 2 is 2.04 bits per heavy atom. The number of anilines is 2. The molecule has 0 aliphatic rings. The van der Waals surface area contributed by atoms with E-state index in [9.17, 15) is 4.79 Å². The summed E-state index contributed by atoms with van der Waals surface area (Å²) in [4.78, 5) is 22.0. The van der Waals surface area contributed by atoms with E-state index in [2.05, 4.69) is 20.4 Å². The van der Waals surface area contributed by atoms with Crippen LogP contribution in [0.5, 0.6) is 5.75 Å². The second kappa shape index (κ2) is 7.43. The van der Waals surface area contributed by atoms with Gasteiger partial charge in [0.05, 0.1) is 7.11 Å². The summed E-state index contributed by atoms with van der Waals surface area (Å²) in [5.74, 6) is 1.45. The van der Waals surface area contributed by atoms with Crippen LogP contribution in [0.25, 0.3) is 11.4 Å². The molecule has 3 aromatic rings. The maximum absolute atomic E-state index is 12.0. The van der Waals surface area contributed by atoms with Gasteiger partial charge in [0, 0.05) is 18.8 Å². The molecule has 3 rings (SSSR count). The van der Waals surface area contributed by atoms with Crippen molar-refractivity contribution in [2.45, 2.75) is 0 Å². The van der Waals surface area contributed by atoms with Gasteiger partial charge in [0.25, 0.3) is 0 Å². The second-order valence-electron chi connectivity index (χ2n) is 5.25. The molecule has 1 amide bonds. The van der Waals surface area contributed by atoms with E-state index in [0.29, 0.717) is 11.6 Å². The summed E-state index contributed by atoms with van der Waals surface area (Å²) in [5, 5.41) is 6.64. The molecule has 8 heteroatoms. The molecule has 8 nitrogen and oxygen atoms in total. The molecule has 128 valence electrons. The summed E-state index contributed by atoms with van der Waals surface area (Å²) >= 11 is 0. The van der Waals surface area contributed by atoms with Crippen LogP contribution in [0.3, 0.4) is 0 Å². The fourth-order valence-corrected chi connectivity index (χ4v) is 2.13. The van der Waals surface area contributed by atoms with Crippen LogP contribution in [0, 0.1) is 0 Å². The zero-order chi connectivity index (χ0) is 17.6. The lowest BCUT2D eigenvalue weighted by Gasteiger charge is -2.12. The first kappa shape index (κ1) is 16.4. The SMILES string of the molecule is COc1ccc(-c2noc(N(C)CC(=O)Nc3ccccn3)n2)cc1. The minimum atomic E-state index is -0.231. The third-order valence-electron chi connectivity index (χ3n) is 3.40. The highest BCUT2D eigenvalue weighted by molar-refractivity contribution is 5.92. The van der Waals surface area contributed by atoms with Crippen molar-refractivity contribution in [3.05, 3.63) is 48.7 Å². The number of rotatable bonds is 6. The van der Waals surface area contributed by atoms with E-state index in [1.807, 2.05) is 24.3 Å². The van der Waals surface area contributed by atoms with E-state index in [4.69, 9.17) is 9.26 Å². The van der Waals surface area contributed by atoms with Crippen LogP contribution in [-0.2, 0) is 4.79 Å². The Morgan fingerprint density at radius 1 is 1.24 bits per heavy atom. The van der Waals surface area contributed by atoms with Gasteiger partial charge in [0.1, 0.15) is 18.1 Å².